The summed E-state index contributed by atoms with van der Waals surface area (Å²) in [7, 11) is 0. The number of hydrogen-bond acceptors (Lipinski definition) is 4. The zero-order valence-corrected chi connectivity index (χ0v) is 11.1. The number of pyridine rings is 1. The summed E-state index contributed by atoms with van der Waals surface area (Å²) in [6.07, 6.45) is 1.71. The molecule has 0 aliphatic heterocycles. The monoisotopic (exact) mass is 279 g/mol. The van der Waals surface area contributed by atoms with E-state index in [4.69, 9.17) is 10.8 Å². The molecule has 0 fully saturated rings. The van der Waals surface area contributed by atoms with Crippen molar-refractivity contribution in [1.29, 1.82) is 0 Å². The Kier molecular flexibility index (Phi) is 3.16. The van der Waals surface area contributed by atoms with Crippen molar-refractivity contribution in [2.45, 2.75) is 0 Å². The molecule has 0 unspecified atom stereocenters. The van der Waals surface area contributed by atoms with Crippen LogP contribution < -0.4 is 11.1 Å². The average Bonchev–Trinajstić information content (AvgIpc) is 2.49. The zero-order valence-electron chi connectivity index (χ0n) is 11.1. The molecule has 0 aliphatic carbocycles. The molecule has 3 aromatic rings. The van der Waals surface area contributed by atoms with E-state index in [1.165, 1.54) is 12.1 Å². The van der Waals surface area contributed by atoms with Crippen LogP contribution in [-0.2, 0) is 0 Å². The van der Waals surface area contributed by atoms with Gasteiger partial charge in [0.2, 0.25) is 0 Å². The smallest absolute Gasteiger partial charge is 0.335 e. The molecule has 5 heteroatoms. The van der Waals surface area contributed by atoms with Gasteiger partial charge in [0.25, 0.3) is 0 Å². The Bertz CT molecular complexity index is 825. The molecular formula is C16H13N3O2. The molecule has 0 aliphatic rings. The van der Waals surface area contributed by atoms with Gasteiger partial charge in [0.1, 0.15) is 0 Å². The van der Waals surface area contributed by atoms with Gasteiger partial charge in [-0.15, -0.1) is 0 Å². The molecule has 4 N–H and O–H groups in total. The lowest BCUT2D eigenvalue weighted by Crippen LogP contribution is -2.02. The highest BCUT2D eigenvalue weighted by Crippen LogP contribution is 2.28. The number of benzene rings is 2. The van der Waals surface area contributed by atoms with Crippen LogP contribution in [0.15, 0.2) is 54.7 Å². The number of aromatic nitrogens is 1. The molecule has 0 saturated heterocycles. The number of carboxylic acids is 1. The maximum Gasteiger partial charge on any atom is 0.335 e. The molecule has 1 aromatic heterocycles. The second kappa shape index (κ2) is 5.13. The molecule has 0 amide bonds. The van der Waals surface area contributed by atoms with Gasteiger partial charge >= 0.3 is 5.97 Å². The minimum absolute atomic E-state index is 0.180. The van der Waals surface area contributed by atoms with Gasteiger partial charge in [-0.25, -0.2) is 4.79 Å². The third-order valence-electron chi connectivity index (χ3n) is 3.20. The van der Waals surface area contributed by atoms with E-state index < -0.39 is 5.97 Å². The number of fused-ring (bicyclic) bond motifs is 1. The van der Waals surface area contributed by atoms with Crippen molar-refractivity contribution >= 4 is 33.9 Å². The average molecular weight is 279 g/mol. The van der Waals surface area contributed by atoms with Crippen molar-refractivity contribution in [3.63, 3.8) is 0 Å². The quantitative estimate of drug-likeness (QED) is 0.640. The maximum atomic E-state index is 11.0. The maximum absolute atomic E-state index is 11.0. The first-order valence-corrected chi connectivity index (χ1v) is 6.39. The lowest BCUT2D eigenvalue weighted by Gasteiger charge is -2.12. The first-order chi connectivity index (χ1) is 10.1. The second-order valence-corrected chi connectivity index (χ2v) is 4.61. The van der Waals surface area contributed by atoms with Crippen LogP contribution in [0.25, 0.3) is 10.9 Å². The number of para-hydroxylation sites is 1. The van der Waals surface area contributed by atoms with E-state index in [-0.39, 0.29) is 5.56 Å². The highest BCUT2D eigenvalue weighted by molar-refractivity contribution is 5.95. The Morgan fingerprint density at radius 1 is 1.10 bits per heavy atom. The summed E-state index contributed by atoms with van der Waals surface area (Å²) >= 11 is 0. The highest BCUT2D eigenvalue weighted by Gasteiger charge is 2.08. The third-order valence-corrected chi connectivity index (χ3v) is 3.20. The normalized spacial score (nSPS) is 10.5. The van der Waals surface area contributed by atoms with Crippen LogP contribution in [-0.4, -0.2) is 16.1 Å². The first-order valence-electron chi connectivity index (χ1n) is 6.39. The van der Waals surface area contributed by atoms with Crippen LogP contribution in [0, 0.1) is 0 Å². The summed E-state index contributed by atoms with van der Waals surface area (Å²) in [5, 5.41) is 13.2. The summed E-state index contributed by atoms with van der Waals surface area (Å²) in [5.41, 5.74) is 8.70. The molecule has 1 heterocycles. The molecule has 3 rings (SSSR count). The molecule has 0 bridgehead atoms. The Labute approximate surface area is 121 Å². The number of hydrogen-bond donors (Lipinski definition) is 3. The number of carboxylic acid groups (broad SMARTS) is 1. The standard InChI is InChI=1S/C16H13N3O2/c17-12-7-6-11(16(20)21)9-14(12)19-13-5-1-3-10-4-2-8-18-15(10)13/h1-9,19H,17H2,(H,20,21). The lowest BCUT2D eigenvalue weighted by atomic mass is 10.1. The topological polar surface area (TPSA) is 88.2 Å². The Morgan fingerprint density at radius 2 is 1.90 bits per heavy atom. The van der Waals surface area contributed by atoms with Crippen LogP contribution in [0.2, 0.25) is 0 Å². The van der Waals surface area contributed by atoms with Crippen molar-refractivity contribution in [3.8, 4) is 0 Å². The number of nitrogens with two attached hydrogens (primary N) is 1. The Hall–Kier alpha value is -3.08. The summed E-state index contributed by atoms with van der Waals surface area (Å²) in [5.74, 6) is -0.992. The zero-order chi connectivity index (χ0) is 14.8. The SMILES string of the molecule is Nc1ccc(C(=O)O)cc1Nc1cccc2cccnc12. The van der Waals surface area contributed by atoms with Crippen molar-refractivity contribution in [2.24, 2.45) is 0 Å². The van der Waals surface area contributed by atoms with Gasteiger partial charge in [0, 0.05) is 11.6 Å². The molecule has 21 heavy (non-hydrogen) atoms. The fourth-order valence-electron chi connectivity index (χ4n) is 2.15. The third kappa shape index (κ3) is 2.49. The molecular weight excluding hydrogens is 266 g/mol. The fraction of sp³-hybridized carbons (Fsp3) is 0. The summed E-state index contributed by atoms with van der Waals surface area (Å²) in [6.45, 7) is 0. The number of rotatable bonds is 3. The van der Waals surface area contributed by atoms with Gasteiger partial charge in [0.05, 0.1) is 28.1 Å². The van der Waals surface area contributed by atoms with Crippen molar-refractivity contribution in [2.75, 3.05) is 11.1 Å². The summed E-state index contributed by atoms with van der Waals surface area (Å²) in [4.78, 5) is 15.4. The number of nitrogen functional groups attached to an aromatic ring is 1. The van der Waals surface area contributed by atoms with E-state index in [1.807, 2.05) is 30.3 Å². The van der Waals surface area contributed by atoms with Gasteiger partial charge < -0.3 is 16.2 Å². The molecule has 0 spiro atoms. The summed E-state index contributed by atoms with van der Waals surface area (Å²) in [6, 6.07) is 14.1. The van der Waals surface area contributed by atoms with Crippen LogP contribution in [0.3, 0.4) is 0 Å². The van der Waals surface area contributed by atoms with Crippen molar-refractivity contribution in [1.82, 2.24) is 4.98 Å². The minimum Gasteiger partial charge on any atom is -0.478 e. The van der Waals surface area contributed by atoms with Gasteiger partial charge in [-0.3, -0.25) is 4.98 Å². The predicted octanol–water partition coefficient (Wildman–Crippen LogP) is 3.26. The van der Waals surface area contributed by atoms with Crippen LogP contribution in [0.5, 0.6) is 0 Å². The molecule has 5 nitrogen and oxygen atoms in total. The van der Waals surface area contributed by atoms with E-state index in [0.717, 1.165) is 16.6 Å². The largest absolute Gasteiger partial charge is 0.478 e. The number of aromatic carboxylic acids is 1. The highest BCUT2D eigenvalue weighted by atomic mass is 16.4. The molecule has 2 aromatic carbocycles. The van der Waals surface area contributed by atoms with Crippen molar-refractivity contribution in [3.05, 3.63) is 60.3 Å². The Morgan fingerprint density at radius 3 is 2.71 bits per heavy atom. The fourth-order valence-corrected chi connectivity index (χ4v) is 2.15. The minimum atomic E-state index is -0.992. The van der Waals surface area contributed by atoms with E-state index in [0.29, 0.717) is 11.4 Å². The number of carbonyl (C=O) groups is 1. The van der Waals surface area contributed by atoms with Gasteiger partial charge in [-0.2, -0.15) is 0 Å². The second-order valence-electron chi connectivity index (χ2n) is 4.61. The molecule has 0 saturated carbocycles. The molecule has 0 radical (unpaired) electrons. The number of nitrogens with zero attached hydrogens (tertiary/aromatic N) is 1. The van der Waals surface area contributed by atoms with Crippen LogP contribution >= 0.6 is 0 Å². The number of anilines is 3. The predicted molar refractivity (Wildman–Crippen MR) is 82.8 cm³/mol. The summed E-state index contributed by atoms with van der Waals surface area (Å²) < 4.78 is 0. The lowest BCUT2D eigenvalue weighted by molar-refractivity contribution is 0.0697. The number of nitrogens with one attached hydrogen (secondary N) is 1. The molecule has 0 atom stereocenters. The first kappa shape index (κ1) is 12.9. The van der Waals surface area contributed by atoms with Crippen LogP contribution in [0.4, 0.5) is 17.1 Å². The van der Waals surface area contributed by atoms with Crippen molar-refractivity contribution < 1.29 is 9.90 Å². The van der Waals surface area contributed by atoms with Gasteiger partial charge in [-0.1, -0.05) is 18.2 Å². The van der Waals surface area contributed by atoms with E-state index in [1.54, 1.807) is 12.3 Å². The van der Waals surface area contributed by atoms with E-state index in [2.05, 4.69) is 10.3 Å². The molecule has 104 valence electrons. The van der Waals surface area contributed by atoms with Crippen LogP contribution in [0.1, 0.15) is 10.4 Å². The van der Waals surface area contributed by atoms with Gasteiger partial charge in [0.15, 0.2) is 0 Å². The van der Waals surface area contributed by atoms with E-state index >= 15 is 0 Å². The Balaban J connectivity index is 2.06. The van der Waals surface area contributed by atoms with Gasteiger partial charge in [-0.05, 0) is 30.3 Å². The van der Waals surface area contributed by atoms with E-state index in [9.17, 15) is 4.79 Å².